The van der Waals surface area contributed by atoms with Crippen molar-refractivity contribution in [2.75, 3.05) is 44.0 Å². The van der Waals surface area contributed by atoms with E-state index in [0.29, 0.717) is 24.2 Å². The third-order valence-corrected chi connectivity index (χ3v) is 6.50. The molecule has 2 aromatic heterocycles. The van der Waals surface area contributed by atoms with Gasteiger partial charge in [0.15, 0.2) is 11.1 Å². The van der Waals surface area contributed by atoms with Crippen molar-refractivity contribution in [3.05, 3.63) is 34.7 Å². The van der Waals surface area contributed by atoms with Crippen molar-refractivity contribution in [2.24, 2.45) is 10.7 Å². The molecule has 0 aliphatic rings. The largest absolute Gasteiger partial charge is 0.464 e. The molecule has 0 bridgehead atoms. The zero-order valence-electron chi connectivity index (χ0n) is 18.2. The molecule has 13 heteroatoms. The number of aliphatic imine (C=N–C) groups is 1. The number of hydrogen-bond donors (Lipinski definition) is 5. The maximum Gasteiger partial charge on any atom is 0.209 e. The van der Waals surface area contributed by atoms with Crippen molar-refractivity contribution in [2.45, 2.75) is 18.1 Å². The van der Waals surface area contributed by atoms with Crippen LogP contribution in [0.3, 0.4) is 0 Å². The first-order valence-corrected chi connectivity index (χ1v) is 13.0. The van der Waals surface area contributed by atoms with Crippen LogP contribution in [0.1, 0.15) is 17.2 Å². The minimum atomic E-state index is -0.118. The van der Waals surface area contributed by atoms with Crippen molar-refractivity contribution >= 4 is 51.9 Å². The summed E-state index contributed by atoms with van der Waals surface area (Å²) in [7, 11) is 4.03. The summed E-state index contributed by atoms with van der Waals surface area (Å²) in [5.41, 5.74) is 6.24. The van der Waals surface area contributed by atoms with Gasteiger partial charge in [-0.3, -0.25) is 5.41 Å². The number of nitrogens with two attached hydrogens (primary N) is 1. The number of nitrogens with one attached hydrogen (secondary N) is 4. The van der Waals surface area contributed by atoms with E-state index in [2.05, 4.69) is 30.8 Å². The second-order valence-corrected chi connectivity index (χ2v) is 9.88. The van der Waals surface area contributed by atoms with Crippen molar-refractivity contribution in [1.29, 1.82) is 10.7 Å². The van der Waals surface area contributed by atoms with Crippen LogP contribution in [-0.4, -0.2) is 60.5 Å². The summed E-state index contributed by atoms with van der Waals surface area (Å²) in [5.74, 6) is 5.58. The van der Waals surface area contributed by atoms with E-state index in [4.69, 9.17) is 20.8 Å². The van der Waals surface area contributed by atoms with Crippen LogP contribution in [0.25, 0.3) is 0 Å². The fraction of sp³-hybridized carbons (Fsp3) is 0.474. The zero-order valence-corrected chi connectivity index (χ0v) is 20.6. The first-order valence-electron chi connectivity index (χ1n) is 9.84. The average Bonchev–Trinajstić information content (AvgIpc) is 3.35. The van der Waals surface area contributed by atoms with Gasteiger partial charge in [-0.2, -0.15) is 28.8 Å². The molecule has 0 spiro atoms. The van der Waals surface area contributed by atoms with Gasteiger partial charge in [0.05, 0.1) is 18.0 Å². The molecule has 0 unspecified atom stereocenters. The Bertz CT molecular complexity index is 904. The molecule has 0 fully saturated rings. The van der Waals surface area contributed by atoms with Gasteiger partial charge in [0.1, 0.15) is 11.5 Å². The Hall–Kier alpha value is -2.40. The quantitative estimate of drug-likeness (QED) is 0.121. The van der Waals surface area contributed by atoms with Gasteiger partial charge in [0.2, 0.25) is 12.2 Å². The van der Waals surface area contributed by atoms with Gasteiger partial charge >= 0.3 is 0 Å². The smallest absolute Gasteiger partial charge is 0.209 e. The zero-order chi connectivity index (χ0) is 23.2. The van der Waals surface area contributed by atoms with Crippen molar-refractivity contribution in [3.63, 3.8) is 0 Å². The fourth-order valence-electron chi connectivity index (χ4n) is 2.47. The van der Waals surface area contributed by atoms with Crippen LogP contribution in [0.4, 0.5) is 5.13 Å². The number of rotatable bonds is 13. The summed E-state index contributed by atoms with van der Waals surface area (Å²) < 4.78 is 5.80. The van der Waals surface area contributed by atoms with E-state index in [1.54, 1.807) is 23.5 Å². The van der Waals surface area contributed by atoms with Crippen LogP contribution in [-0.2, 0) is 18.1 Å². The minimum Gasteiger partial charge on any atom is -0.464 e. The van der Waals surface area contributed by atoms with E-state index in [9.17, 15) is 0 Å². The molecule has 2 rings (SSSR count). The lowest BCUT2D eigenvalue weighted by atomic mass is 10.4. The number of guanidine groups is 2. The first kappa shape index (κ1) is 25.9. The number of thioether (sulfide) groups is 2. The number of nitrogens with zero attached hydrogens (tertiary/aromatic N) is 4. The monoisotopic (exact) mass is 495 g/mol. The summed E-state index contributed by atoms with van der Waals surface area (Å²) in [6, 6.07) is 4.04. The number of furan rings is 1. The normalized spacial score (nSPS) is 11.4. The van der Waals surface area contributed by atoms with E-state index >= 15 is 0 Å². The average molecular weight is 496 g/mol. The molecule has 0 radical (unpaired) electrons. The molecule has 10 nitrogen and oxygen atoms in total. The number of thiazole rings is 1. The summed E-state index contributed by atoms with van der Waals surface area (Å²) in [6.45, 7) is 2.17. The number of hydrogen-bond acceptors (Lipinski definition) is 9. The van der Waals surface area contributed by atoms with E-state index in [-0.39, 0.29) is 5.96 Å². The molecule has 174 valence electrons. The van der Waals surface area contributed by atoms with Gasteiger partial charge in [-0.15, -0.1) is 16.3 Å². The second kappa shape index (κ2) is 14.6. The Morgan fingerprint density at radius 1 is 1.25 bits per heavy atom. The van der Waals surface area contributed by atoms with Gasteiger partial charge < -0.3 is 31.0 Å². The van der Waals surface area contributed by atoms with Gasteiger partial charge in [-0.05, 0) is 26.2 Å². The molecule has 6 N–H and O–H groups in total. The van der Waals surface area contributed by atoms with Gasteiger partial charge in [-0.1, -0.05) is 0 Å². The van der Waals surface area contributed by atoms with Crippen LogP contribution < -0.4 is 21.7 Å². The van der Waals surface area contributed by atoms with Gasteiger partial charge in [0.25, 0.3) is 0 Å². The third kappa shape index (κ3) is 10.8. The van der Waals surface area contributed by atoms with E-state index in [0.717, 1.165) is 46.8 Å². The number of nitriles is 1. The van der Waals surface area contributed by atoms with Gasteiger partial charge in [-0.25, -0.2) is 4.98 Å². The topological polar surface area (TPSA) is 151 Å². The van der Waals surface area contributed by atoms with Crippen molar-refractivity contribution in [3.8, 4) is 6.19 Å². The molecule has 0 aliphatic heterocycles. The highest BCUT2D eigenvalue weighted by molar-refractivity contribution is 7.98. The molecule has 2 aromatic rings. The Morgan fingerprint density at radius 3 is 2.59 bits per heavy atom. The molecular weight excluding hydrogens is 466 g/mol. The molecular formula is C19H29N9OS3. The lowest BCUT2D eigenvalue weighted by molar-refractivity contribution is 0.344. The Morgan fingerprint density at radius 2 is 1.94 bits per heavy atom. The maximum absolute atomic E-state index is 8.89. The summed E-state index contributed by atoms with van der Waals surface area (Å²) in [4.78, 5) is 10.2. The van der Waals surface area contributed by atoms with Crippen molar-refractivity contribution in [1.82, 2.24) is 20.5 Å². The molecule has 0 aromatic carbocycles. The van der Waals surface area contributed by atoms with E-state index < -0.39 is 0 Å². The Balaban J connectivity index is 1.57. The predicted octanol–water partition coefficient (Wildman–Crippen LogP) is 2.29. The molecule has 0 amide bonds. The molecule has 32 heavy (non-hydrogen) atoms. The second-order valence-electron chi connectivity index (χ2n) is 6.81. The van der Waals surface area contributed by atoms with Crippen LogP contribution in [0.2, 0.25) is 0 Å². The molecule has 2 heterocycles. The molecule has 0 saturated heterocycles. The molecule has 0 aliphatic carbocycles. The maximum atomic E-state index is 8.89. The van der Waals surface area contributed by atoms with Crippen LogP contribution in [0.5, 0.6) is 0 Å². The Kier molecular flexibility index (Phi) is 11.8. The SMILES string of the molecule is CN(C)Cc1ccc(CSCCN/C(=N/C#N)NCCSCc2csc(NC(=N)N)n2)o1. The number of aromatic nitrogens is 1. The van der Waals surface area contributed by atoms with Gasteiger partial charge in [0, 0.05) is 35.7 Å². The third-order valence-electron chi connectivity index (χ3n) is 3.72. The van der Waals surface area contributed by atoms with Crippen LogP contribution >= 0.6 is 34.9 Å². The van der Waals surface area contributed by atoms with Crippen LogP contribution in [0.15, 0.2) is 26.9 Å². The standard InChI is InChI=1S/C19H29N9OS3/c1-28(2)9-15-3-4-16(29-15)12-31-8-6-24-18(25-13-20)23-5-7-30-10-14-11-32-19(26-14)27-17(21)22/h3-4,11H,5-10,12H2,1-2H3,(H2,23,24,25)(H4,21,22,26,27). The molecule has 0 saturated carbocycles. The minimum absolute atomic E-state index is 0.118. The first-order chi connectivity index (χ1) is 15.5. The lowest BCUT2D eigenvalue weighted by Gasteiger charge is -2.10. The summed E-state index contributed by atoms with van der Waals surface area (Å²) >= 11 is 4.90. The van der Waals surface area contributed by atoms with E-state index in [1.165, 1.54) is 11.3 Å². The lowest BCUT2D eigenvalue weighted by Crippen LogP contribution is -2.39. The molecule has 0 atom stereocenters. The highest BCUT2D eigenvalue weighted by atomic mass is 32.2. The van der Waals surface area contributed by atoms with Crippen molar-refractivity contribution < 1.29 is 4.42 Å². The summed E-state index contributed by atoms with van der Waals surface area (Å²) in [5, 5.41) is 27.7. The van der Waals surface area contributed by atoms with E-state index in [1.807, 2.05) is 37.8 Å². The Labute approximate surface area is 200 Å². The highest BCUT2D eigenvalue weighted by Gasteiger charge is 2.05. The number of anilines is 1. The van der Waals surface area contributed by atoms with Crippen LogP contribution in [0, 0.1) is 16.9 Å². The highest BCUT2D eigenvalue weighted by Crippen LogP contribution is 2.19. The fourth-order valence-corrected chi connectivity index (χ4v) is 4.79. The summed E-state index contributed by atoms with van der Waals surface area (Å²) in [6.07, 6.45) is 1.83. The predicted molar refractivity (Wildman–Crippen MR) is 135 cm³/mol.